The van der Waals surface area contributed by atoms with Gasteiger partial charge in [-0.15, -0.1) is 0 Å². The van der Waals surface area contributed by atoms with E-state index in [0.717, 1.165) is 4.47 Å². The van der Waals surface area contributed by atoms with E-state index >= 15 is 0 Å². The molecule has 1 aromatic heterocycles. The van der Waals surface area contributed by atoms with E-state index in [9.17, 15) is 4.79 Å². The Labute approximate surface area is 100.0 Å². The van der Waals surface area contributed by atoms with E-state index in [0.29, 0.717) is 16.1 Å². The van der Waals surface area contributed by atoms with Crippen LogP contribution < -0.4 is 0 Å². The fraction of sp³-hybridized carbons (Fsp3) is 0. The molecule has 0 bridgehead atoms. The van der Waals surface area contributed by atoms with Gasteiger partial charge in [0.1, 0.15) is 6.26 Å². The van der Waals surface area contributed by atoms with E-state index in [-0.39, 0.29) is 5.78 Å². The van der Waals surface area contributed by atoms with Gasteiger partial charge in [-0.25, -0.2) is 0 Å². The van der Waals surface area contributed by atoms with Gasteiger partial charge in [0.05, 0.1) is 16.8 Å². The molecule has 2 aromatic rings. The lowest BCUT2D eigenvalue weighted by atomic mass is 10.1. The Bertz CT molecular complexity index is 491. The fourth-order valence-electron chi connectivity index (χ4n) is 1.20. The highest BCUT2D eigenvalue weighted by Gasteiger charge is 2.11. The van der Waals surface area contributed by atoms with Crippen LogP contribution in [-0.2, 0) is 0 Å². The molecular formula is C11H6BrClO2. The highest BCUT2D eigenvalue weighted by Crippen LogP contribution is 2.24. The molecule has 15 heavy (non-hydrogen) atoms. The Kier molecular flexibility index (Phi) is 2.93. The summed E-state index contributed by atoms with van der Waals surface area (Å²) in [4.78, 5) is 11.8. The molecule has 0 aliphatic heterocycles. The molecule has 2 rings (SSSR count). The van der Waals surface area contributed by atoms with Gasteiger partial charge in [-0.3, -0.25) is 4.79 Å². The summed E-state index contributed by atoms with van der Waals surface area (Å²) < 4.78 is 5.62. The van der Waals surface area contributed by atoms with Crippen molar-refractivity contribution >= 4 is 33.3 Å². The molecule has 0 N–H and O–H groups in total. The largest absolute Gasteiger partial charge is 0.472 e. The molecule has 0 unspecified atom stereocenters. The van der Waals surface area contributed by atoms with Gasteiger partial charge >= 0.3 is 0 Å². The zero-order chi connectivity index (χ0) is 10.8. The van der Waals surface area contributed by atoms with E-state index in [4.69, 9.17) is 16.0 Å². The predicted octanol–water partition coefficient (Wildman–Crippen LogP) is 3.93. The third-order valence-electron chi connectivity index (χ3n) is 1.97. The number of carbonyl (C=O) groups is 1. The van der Waals surface area contributed by atoms with Crippen LogP contribution in [0.3, 0.4) is 0 Å². The first-order valence-corrected chi connectivity index (χ1v) is 5.37. The molecule has 0 aliphatic carbocycles. The molecule has 0 fully saturated rings. The average molecular weight is 286 g/mol. The molecule has 4 heteroatoms. The molecule has 1 heterocycles. The number of ketones is 1. The van der Waals surface area contributed by atoms with Gasteiger partial charge in [0.25, 0.3) is 0 Å². The van der Waals surface area contributed by atoms with Crippen LogP contribution in [-0.4, -0.2) is 5.78 Å². The predicted molar refractivity (Wildman–Crippen MR) is 61.3 cm³/mol. The number of rotatable bonds is 2. The number of benzene rings is 1. The number of carbonyl (C=O) groups excluding carboxylic acids is 1. The van der Waals surface area contributed by atoms with Gasteiger partial charge in [-0.1, -0.05) is 11.6 Å². The standard InChI is InChI=1S/C11H6BrClO2/c12-9-2-1-7(5-10(9)13)11(14)8-3-4-15-6-8/h1-6H. The molecule has 0 atom stereocenters. The Morgan fingerprint density at radius 1 is 1.27 bits per heavy atom. The van der Waals surface area contributed by atoms with Gasteiger partial charge in [-0.05, 0) is 40.2 Å². The lowest BCUT2D eigenvalue weighted by Crippen LogP contribution is -1.99. The van der Waals surface area contributed by atoms with Crippen molar-refractivity contribution in [2.75, 3.05) is 0 Å². The average Bonchev–Trinajstić information content (AvgIpc) is 2.74. The Morgan fingerprint density at radius 3 is 2.67 bits per heavy atom. The summed E-state index contributed by atoms with van der Waals surface area (Å²) in [7, 11) is 0. The van der Waals surface area contributed by atoms with E-state index in [1.807, 2.05) is 0 Å². The molecule has 2 nitrogen and oxygen atoms in total. The van der Waals surface area contributed by atoms with Crippen molar-refractivity contribution in [3.05, 3.63) is 57.4 Å². The van der Waals surface area contributed by atoms with Gasteiger partial charge in [0.15, 0.2) is 5.78 Å². The summed E-state index contributed by atoms with van der Waals surface area (Å²) >= 11 is 9.16. The molecule has 0 amide bonds. The molecular weight excluding hydrogens is 279 g/mol. The summed E-state index contributed by atoms with van der Waals surface area (Å²) in [5.41, 5.74) is 1.07. The molecule has 0 spiro atoms. The van der Waals surface area contributed by atoms with Gasteiger partial charge in [0.2, 0.25) is 0 Å². The fourth-order valence-corrected chi connectivity index (χ4v) is 1.62. The SMILES string of the molecule is O=C(c1ccoc1)c1ccc(Br)c(Cl)c1. The Morgan fingerprint density at radius 2 is 2.07 bits per heavy atom. The van der Waals surface area contributed by atoms with Crippen molar-refractivity contribution in [2.24, 2.45) is 0 Å². The summed E-state index contributed by atoms with van der Waals surface area (Å²) in [5, 5.41) is 0.518. The molecule has 0 saturated carbocycles. The van der Waals surface area contributed by atoms with Crippen molar-refractivity contribution in [1.82, 2.24) is 0 Å². The van der Waals surface area contributed by atoms with Crippen LogP contribution in [0.4, 0.5) is 0 Å². The second-order valence-electron chi connectivity index (χ2n) is 2.97. The van der Waals surface area contributed by atoms with E-state index < -0.39 is 0 Å². The zero-order valence-corrected chi connectivity index (χ0v) is 9.88. The van der Waals surface area contributed by atoms with Gasteiger partial charge in [0, 0.05) is 10.0 Å². The van der Waals surface area contributed by atoms with Crippen LogP contribution in [0.15, 0.2) is 45.7 Å². The third-order valence-corrected chi connectivity index (χ3v) is 3.20. The highest BCUT2D eigenvalue weighted by molar-refractivity contribution is 9.10. The second kappa shape index (κ2) is 4.21. The molecule has 76 valence electrons. The smallest absolute Gasteiger partial charge is 0.196 e. The number of furan rings is 1. The highest BCUT2D eigenvalue weighted by atomic mass is 79.9. The molecule has 0 saturated heterocycles. The summed E-state index contributed by atoms with van der Waals surface area (Å²) in [6.45, 7) is 0. The van der Waals surface area contributed by atoms with Crippen LogP contribution in [0.1, 0.15) is 15.9 Å². The van der Waals surface area contributed by atoms with Crippen LogP contribution in [0.25, 0.3) is 0 Å². The molecule has 1 aromatic carbocycles. The van der Waals surface area contributed by atoms with Crippen LogP contribution in [0, 0.1) is 0 Å². The molecule has 0 radical (unpaired) electrons. The first kappa shape index (κ1) is 10.5. The Balaban J connectivity index is 2.39. The van der Waals surface area contributed by atoms with Crippen molar-refractivity contribution in [1.29, 1.82) is 0 Å². The van der Waals surface area contributed by atoms with Crippen LogP contribution in [0.2, 0.25) is 5.02 Å². The van der Waals surface area contributed by atoms with Crippen LogP contribution in [0.5, 0.6) is 0 Å². The van der Waals surface area contributed by atoms with Crippen molar-refractivity contribution in [3.8, 4) is 0 Å². The maximum atomic E-state index is 11.8. The second-order valence-corrected chi connectivity index (χ2v) is 4.23. The third kappa shape index (κ3) is 2.13. The lowest BCUT2D eigenvalue weighted by molar-refractivity contribution is 0.103. The van der Waals surface area contributed by atoms with Crippen molar-refractivity contribution < 1.29 is 9.21 Å². The minimum Gasteiger partial charge on any atom is -0.472 e. The normalized spacial score (nSPS) is 10.3. The van der Waals surface area contributed by atoms with Crippen molar-refractivity contribution in [2.45, 2.75) is 0 Å². The quantitative estimate of drug-likeness (QED) is 0.783. The number of hydrogen-bond acceptors (Lipinski definition) is 2. The minimum absolute atomic E-state index is 0.0989. The summed E-state index contributed by atoms with van der Waals surface area (Å²) in [5.74, 6) is -0.0989. The summed E-state index contributed by atoms with van der Waals surface area (Å²) in [6.07, 6.45) is 2.88. The number of halogens is 2. The monoisotopic (exact) mass is 284 g/mol. The Hall–Kier alpha value is -1.06. The van der Waals surface area contributed by atoms with Gasteiger partial charge in [-0.2, -0.15) is 0 Å². The molecule has 0 aliphatic rings. The zero-order valence-electron chi connectivity index (χ0n) is 7.54. The van der Waals surface area contributed by atoms with Crippen LogP contribution >= 0.6 is 27.5 Å². The number of hydrogen-bond donors (Lipinski definition) is 0. The van der Waals surface area contributed by atoms with E-state index in [1.165, 1.54) is 12.5 Å². The maximum Gasteiger partial charge on any atom is 0.196 e. The first-order chi connectivity index (χ1) is 7.18. The lowest BCUT2D eigenvalue weighted by Gasteiger charge is -2.00. The van der Waals surface area contributed by atoms with Gasteiger partial charge < -0.3 is 4.42 Å². The van der Waals surface area contributed by atoms with Crippen molar-refractivity contribution in [3.63, 3.8) is 0 Å². The topological polar surface area (TPSA) is 30.2 Å². The minimum atomic E-state index is -0.0989. The van der Waals surface area contributed by atoms with E-state index in [2.05, 4.69) is 15.9 Å². The summed E-state index contributed by atoms with van der Waals surface area (Å²) in [6, 6.07) is 6.71. The van der Waals surface area contributed by atoms with E-state index in [1.54, 1.807) is 24.3 Å². The first-order valence-electron chi connectivity index (χ1n) is 4.20. The maximum absolute atomic E-state index is 11.8.